The van der Waals surface area contributed by atoms with Crippen molar-refractivity contribution >= 4 is 17.4 Å². The van der Waals surface area contributed by atoms with Crippen molar-refractivity contribution in [1.82, 2.24) is 20.0 Å². The molecule has 2 heterocycles. The summed E-state index contributed by atoms with van der Waals surface area (Å²) in [7, 11) is 0. The number of carbonyl (C=O) groups excluding carboxylic acids is 1. The van der Waals surface area contributed by atoms with Crippen LogP contribution in [0.3, 0.4) is 0 Å². The van der Waals surface area contributed by atoms with Gasteiger partial charge in [-0.2, -0.15) is 0 Å². The van der Waals surface area contributed by atoms with Crippen LogP contribution in [0.2, 0.25) is 0 Å². The van der Waals surface area contributed by atoms with Crippen LogP contribution in [0.15, 0.2) is 42.5 Å². The molecule has 1 aliphatic rings. The number of rotatable bonds is 4. The van der Waals surface area contributed by atoms with Gasteiger partial charge in [0.05, 0.1) is 0 Å². The van der Waals surface area contributed by atoms with E-state index in [1.54, 1.807) is 12.1 Å². The molecule has 1 amide bonds. The molecule has 3 rings (SSSR count). The van der Waals surface area contributed by atoms with Crippen molar-refractivity contribution in [3.05, 3.63) is 48.2 Å². The number of hydrogen-bond acceptors (Lipinski definition) is 5. The van der Waals surface area contributed by atoms with Crippen LogP contribution in [-0.4, -0.2) is 58.6 Å². The Morgan fingerprint density at radius 1 is 1.04 bits per heavy atom. The number of carbonyl (C=O) groups is 1. The molecule has 6 heteroatoms. The maximum absolute atomic E-state index is 12.4. The van der Waals surface area contributed by atoms with Crippen LogP contribution >= 0.6 is 0 Å². The zero-order chi connectivity index (χ0) is 16.1. The average molecular weight is 311 g/mol. The van der Waals surface area contributed by atoms with Gasteiger partial charge in [-0.15, -0.1) is 10.2 Å². The molecule has 0 unspecified atom stereocenters. The van der Waals surface area contributed by atoms with Crippen molar-refractivity contribution in [3.63, 3.8) is 0 Å². The molecule has 6 nitrogen and oxygen atoms in total. The number of aromatic nitrogens is 2. The summed E-state index contributed by atoms with van der Waals surface area (Å²) >= 11 is 0. The molecule has 0 atom stereocenters. The number of anilines is 2. The highest BCUT2D eigenvalue weighted by Crippen LogP contribution is 2.13. The van der Waals surface area contributed by atoms with E-state index in [2.05, 4.69) is 27.3 Å². The Morgan fingerprint density at radius 2 is 1.78 bits per heavy atom. The predicted molar refractivity (Wildman–Crippen MR) is 89.8 cm³/mol. The number of para-hydroxylation sites is 1. The predicted octanol–water partition coefficient (Wildman–Crippen LogP) is 2.00. The van der Waals surface area contributed by atoms with Gasteiger partial charge in [-0.25, -0.2) is 0 Å². The molecule has 0 radical (unpaired) electrons. The standard InChI is InChI=1S/C17H21N5O/c1-2-21-10-12-22(13-11-21)17(23)15-8-9-16(20-19-15)18-14-6-4-3-5-7-14/h3-9H,2,10-13H2,1H3,(H,18,20). The number of piperazine rings is 1. The monoisotopic (exact) mass is 311 g/mol. The number of nitrogens with one attached hydrogen (secondary N) is 1. The Kier molecular flexibility index (Phi) is 4.83. The van der Waals surface area contributed by atoms with E-state index >= 15 is 0 Å². The first kappa shape index (κ1) is 15.4. The largest absolute Gasteiger partial charge is 0.339 e. The van der Waals surface area contributed by atoms with Gasteiger partial charge in [0.2, 0.25) is 0 Å². The fourth-order valence-electron chi connectivity index (χ4n) is 2.61. The number of amides is 1. The molecule has 1 aromatic heterocycles. The first-order valence-corrected chi connectivity index (χ1v) is 7.93. The Balaban J connectivity index is 1.62. The summed E-state index contributed by atoms with van der Waals surface area (Å²) in [5, 5.41) is 11.3. The summed E-state index contributed by atoms with van der Waals surface area (Å²) in [5.74, 6) is 0.586. The molecule has 1 aliphatic heterocycles. The van der Waals surface area contributed by atoms with Gasteiger partial charge in [0.25, 0.3) is 5.91 Å². The van der Waals surface area contributed by atoms with Gasteiger partial charge < -0.3 is 15.1 Å². The smallest absolute Gasteiger partial charge is 0.274 e. The highest BCUT2D eigenvalue weighted by Gasteiger charge is 2.22. The molecule has 2 aromatic rings. The average Bonchev–Trinajstić information content (AvgIpc) is 2.63. The highest BCUT2D eigenvalue weighted by molar-refractivity contribution is 5.92. The second-order valence-electron chi connectivity index (χ2n) is 5.52. The normalized spacial score (nSPS) is 15.4. The van der Waals surface area contributed by atoms with Gasteiger partial charge in [0.1, 0.15) is 0 Å². The zero-order valence-corrected chi connectivity index (χ0v) is 13.3. The molecule has 1 aromatic carbocycles. The molecule has 0 saturated carbocycles. The van der Waals surface area contributed by atoms with E-state index in [-0.39, 0.29) is 5.91 Å². The highest BCUT2D eigenvalue weighted by atomic mass is 16.2. The number of hydrogen-bond donors (Lipinski definition) is 1. The van der Waals surface area contributed by atoms with Crippen LogP contribution in [0.1, 0.15) is 17.4 Å². The molecular formula is C17H21N5O. The lowest BCUT2D eigenvalue weighted by Gasteiger charge is -2.33. The molecule has 1 fully saturated rings. The minimum absolute atomic E-state index is 0.0421. The quantitative estimate of drug-likeness (QED) is 0.936. The summed E-state index contributed by atoms with van der Waals surface area (Å²) in [6.07, 6.45) is 0. The van der Waals surface area contributed by atoms with E-state index in [9.17, 15) is 4.79 Å². The Bertz CT molecular complexity index is 636. The number of benzene rings is 1. The molecule has 23 heavy (non-hydrogen) atoms. The van der Waals surface area contributed by atoms with Crippen molar-refractivity contribution in [3.8, 4) is 0 Å². The van der Waals surface area contributed by atoms with E-state index in [1.807, 2.05) is 35.2 Å². The fourth-order valence-corrected chi connectivity index (χ4v) is 2.61. The van der Waals surface area contributed by atoms with Gasteiger partial charge in [0.15, 0.2) is 11.5 Å². The SMILES string of the molecule is CCN1CCN(C(=O)c2ccc(Nc3ccccc3)nn2)CC1. The van der Waals surface area contributed by atoms with E-state index < -0.39 is 0 Å². The van der Waals surface area contributed by atoms with E-state index in [4.69, 9.17) is 0 Å². The van der Waals surface area contributed by atoms with Crippen LogP contribution in [0.5, 0.6) is 0 Å². The van der Waals surface area contributed by atoms with Crippen molar-refractivity contribution in [2.45, 2.75) is 6.92 Å². The van der Waals surface area contributed by atoms with Crippen LogP contribution in [0.25, 0.3) is 0 Å². The summed E-state index contributed by atoms with van der Waals surface area (Å²) in [4.78, 5) is 16.6. The Morgan fingerprint density at radius 3 is 2.39 bits per heavy atom. The van der Waals surface area contributed by atoms with Gasteiger partial charge in [-0.1, -0.05) is 25.1 Å². The second kappa shape index (κ2) is 7.19. The molecule has 0 bridgehead atoms. The second-order valence-corrected chi connectivity index (χ2v) is 5.52. The van der Waals surface area contributed by atoms with Crippen molar-refractivity contribution in [2.75, 3.05) is 38.0 Å². The third-order valence-corrected chi connectivity index (χ3v) is 4.04. The minimum atomic E-state index is -0.0421. The summed E-state index contributed by atoms with van der Waals surface area (Å²) in [6, 6.07) is 13.3. The van der Waals surface area contributed by atoms with E-state index in [0.29, 0.717) is 11.5 Å². The van der Waals surface area contributed by atoms with Gasteiger partial charge in [0, 0.05) is 31.9 Å². The van der Waals surface area contributed by atoms with E-state index in [1.165, 1.54) is 0 Å². The molecule has 120 valence electrons. The van der Waals surface area contributed by atoms with E-state index in [0.717, 1.165) is 38.4 Å². The molecule has 0 aliphatic carbocycles. The molecular weight excluding hydrogens is 290 g/mol. The third-order valence-electron chi connectivity index (χ3n) is 4.04. The van der Waals surface area contributed by atoms with Gasteiger partial charge in [-0.3, -0.25) is 4.79 Å². The molecule has 1 saturated heterocycles. The third kappa shape index (κ3) is 3.84. The van der Waals surface area contributed by atoms with Gasteiger partial charge >= 0.3 is 0 Å². The van der Waals surface area contributed by atoms with Crippen LogP contribution in [0.4, 0.5) is 11.5 Å². The number of likely N-dealkylation sites (N-methyl/N-ethyl adjacent to an activating group) is 1. The zero-order valence-electron chi connectivity index (χ0n) is 13.3. The topological polar surface area (TPSA) is 61.4 Å². The minimum Gasteiger partial charge on any atom is -0.339 e. The maximum Gasteiger partial charge on any atom is 0.274 e. The molecule has 1 N–H and O–H groups in total. The van der Waals surface area contributed by atoms with Crippen LogP contribution in [-0.2, 0) is 0 Å². The Labute approximate surface area is 136 Å². The lowest BCUT2D eigenvalue weighted by Crippen LogP contribution is -2.48. The first-order chi connectivity index (χ1) is 11.3. The summed E-state index contributed by atoms with van der Waals surface area (Å²) in [5.41, 5.74) is 1.34. The lowest BCUT2D eigenvalue weighted by atomic mass is 10.2. The first-order valence-electron chi connectivity index (χ1n) is 7.93. The van der Waals surface area contributed by atoms with Crippen molar-refractivity contribution < 1.29 is 4.79 Å². The van der Waals surface area contributed by atoms with Crippen LogP contribution < -0.4 is 5.32 Å². The van der Waals surface area contributed by atoms with Crippen molar-refractivity contribution in [1.29, 1.82) is 0 Å². The van der Waals surface area contributed by atoms with Crippen LogP contribution in [0, 0.1) is 0 Å². The summed E-state index contributed by atoms with van der Waals surface area (Å²) < 4.78 is 0. The Hall–Kier alpha value is -2.47. The van der Waals surface area contributed by atoms with Gasteiger partial charge in [-0.05, 0) is 30.8 Å². The lowest BCUT2D eigenvalue weighted by molar-refractivity contribution is 0.0636. The summed E-state index contributed by atoms with van der Waals surface area (Å²) in [6.45, 7) is 6.51. The maximum atomic E-state index is 12.4. The van der Waals surface area contributed by atoms with Crippen molar-refractivity contribution in [2.24, 2.45) is 0 Å². The number of nitrogens with zero attached hydrogens (tertiary/aromatic N) is 4. The fraction of sp³-hybridized carbons (Fsp3) is 0.353. The molecule has 0 spiro atoms.